The smallest absolute Gasteiger partial charge is 0.185 e. The Labute approximate surface area is 138 Å². The Kier molecular flexibility index (Phi) is 8.60. The summed E-state index contributed by atoms with van der Waals surface area (Å²) in [5.74, 6) is 0.909. The Morgan fingerprint density at radius 1 is 0.773 bits per heavy atom. The fourth-order valence-electron chi connectivity index (χ4n) is 3.03. The summed E-state index contributed by atoms with van der Waals surface area (Å²) in [7, 11) is 0. The highest BCUT2D eigenvalue weighted by Gasteiger charge is 2.16. The zero-order valence-electron chi connectivity index (χ0n) is 15.4. The van der Waals surface area contributed by atoms with Crippen LogP contribution in [0.3, 0.4) is 0 Å². The van der Waals surface area contributed by atoms with Crippen LogP contribution in [-0.2, 0) is 11.5 Å². The molecule has 0 aliphatic rings. The van der Waals surface area contributed by atoms with Crippen molar-refractivity contribution in [2.24, 2.45) is 0 Å². The van der Waals surface area contributed by atoms with E-state index in [-0.39, 0.29) is 5.75 Å². The molecule has 1 rings (SSSR count). The van der Waals surface area contributed by atoms with Crippen LogP contribution < -0.4 is 0 Å². The molecular formula is C21H35O. The van der Waals surface area contributed by atoms with E-state index in [1.54, 1.807) is 0 Å². The Balaban J connectivity index is 2.59. The Hall–Kier alpha value is -0.980. The van der Waals surface area contributed by atoms with Gasteiger partial charge in [0, 0.05) is 11.1 Å². The second kappa shape index (κ2) is 9.92. The van der Waals surface area contributed by atoms with Crippen molar-refractivity contribution in [2.45, 2.75) is 97.8 Å². The molecule has 1 aromatic rings. The van der Waals surface area contributed by atoms with E-state index in [0.717, 1.165) is 17.5 Å². The van der Waals surface area contributed by atoms with Crippen molar-refractivity contribution in [1.29, 1.82) is 0 Å². The van der Waals surface area contributed by atoms with Crippen molar-refractivity contribution >= 4 is 0 Å². The molecule has 0 aromatic heterocycles. The van der Waals surface area contributed by atoms with E-state index >= 15 is 0 Å². The van der Waals surface area contributed by atoms with Crippen molar-refractivity contribution < 1.29 is 5.11 Å². The summed E-state index contributed by atoms with van der Waals surface area (Å²) in [5.41, 5.74) is 3.37. The molecule has 1 nitrogen and oxygen atoms in total. The van der Waals surface area contributed by atoms with Gasteiger partial charge in [0.1, 0.15) is 0 Å². The van der Waals surface area contributed by atoms with E-state index in [4.69, 9.17) is 0 Å². The van der Waals surface area contributed by atoms with E-state index in [9.17, 15) is 5.11 Å². The third kappa shape index (κ3) is 6.02. The summed E-state index contributed by atoms with van der Waals surface area (Å²) in [6, 6.07) is 4.33. The van der Waals surface area contributed by atoms with E-state index in [2.05, 4.69) is 46.8 Å². The predicted octanol–water partition coefficient (Wildman–Crippen LogP) is 7.37. The molecule has 0 bridgehead atoms. The molecule has 0 saturated heterocycles. The van der Waals surface area contributed by atoms with Crippen molar-refractivity contribution in [3.8, 4) is 5.75 Å². The lowest BCUT2D eigenvalue weighted by atomic mass is 9.90. The first-order valence-corrected chi connectivity index (χ1v) is 9.31. The zero-order chi connectivity index (χ0) is 16.5. The Morgan fingerprint density at radius 2 is 1.23 bits per heavy atom. The van der Waals surface area contributed by atoms with Crippen LogP contribution >= 0.6 is 0 Å². The SMILES string of the molecule is CCCCCCCCCc1cc(C(C)C)c([O])c(C(C)C)c1. The zero-order valence-corrected chi connectivity index (χ0v) is 15.4. The maximum atomic E-state index is 12.5. The lowest BCUT2D eigenvalue weighted by Crippen LogP contribution is -1.98. The maximum Gasteiger partial charge on any atom is 0.185 e. The molecule has 22 heavy (non-hydrogen) atoms. The molecular weight excluding hydrogens is 268 g/mol. The number of aryl methyl sites for hydroxylation is 1. The quantitative estimate of drug-likeness (QED) is 0.402. The normalized spacial score (nSPS) is 11.6. The topological polar surface area (TPSA) is 19.9 Å². The molecule has 1 heteroatoms. The number of rotatable bonds is 10. The minimum atomic E-state index is 0.272. The highest BCUT2D eigenvalue weighted by atomic mass is 16.3. The van der Waals surface area contributed by atoms with Gasteiger partial charge in [0.15, 0.2) is 5.75 Å². The molecule has 1 aromatic carbocycles. The molecule has 0 fully saturated rings. The summed E-state index contributed by atoms with van der Waals surface area (Å²) in [6.07, 6.45) is 10.5. The largest absolute Gasteiger partial charge is 0.289 e. The van der Waals surface area contributed by atoms with Crippen molar-refractivity contribution in [3.63, 3.8) is 0 Å². The summed E-state index contributed by atoms with van der Waals surface area (Å²) < 4.78 is 0. The van der Waals surface area contributed by atoms with Crippen LogP contribution in [0.25, 0.3) is 0 Å². The van der Waals surface area contributed by atoms with Gasteiger partial charge in [0.2, 0.25) is 0 Å². The van der Waals surface area contributed by atoms with Gasteiger partial charge in [-0.25, -0.2) is 0 Å². The molecule has 0 N–H and O–H groups in total. The van der Waals surface area contributed by atoms with Gasteiger partial charge < -0.3 is 0 Å². The molecule has 0 atom stereocenters. The Morgan fingerprint density at radius 3 is 1.68 bits per heavy atom. The van der Waals surface area contributed by atoms with Crippen LogP contribution in [0.2, 0.25) is 0 Å². The number of unbranched alkanes of at least 4 members (excludes halogenated alkanes) is 6. The first kappa shape index (κ1) is 19.1. The van der Waals surface area contributed by atoms with Gasteiger partial charge in [0.05, 0.1) is 0 Å². The van der Waals surface area contributed by atoms with Crippen LogP contribution in [0.15, 0.2) is 12.1 Å². The average Bonchev–Trinajstić information content (AvgIpc) is 2.47. The predicted molar refractivity (Wildman–Crippen MR) is 96.4 cm³/mol. The molecule has 1 radical (unpaired) electrons. The van der Waals surface area contributed by atoms with Gasteiger partial charge in [0.25, 0.3) is 0 Å². The van der Waals surface area contributed by atoms with Crippen LogP contribution in [0.4, 0.5) is 0 Å². The number of benzene rings is 1. The molecule has 0 saturated carbocycles. The fourth-order valence-corrected chi connectivity index (χ4v) is 3.03. The highest BCUT2D eigenvalue weighted by molar-refractivity contribution is 5.46. The van der Waals surface area contributed by atoms with Crippen LogP contribution in [-0.4, -0.2) is 0 Å². The van der Waals surface area contributed by atoms with E-state index in [0.29, 0.717) is 11.8 Å². The molecule has 0 heterocycles. The third-order valence-electron chi connectivity index (χ3n) is 4.52. The molecule has 0 aliphatic carbocycles. The highest BCUT2D eigenvalue weighted by Crippen LogP contribution is 2.35. The lowest BCUT2D eigenvalue weighted by Gasteiger charge is -2.16. The van der Waals surface area contributed by atoms with Gasteiger partial charge in [-0.15, -0.1) is 0 Å². The van der Waals surface area contributed by atoms with Gasteiger partial charge in [-0.1, -0.05) is 85.3 Å². The first-order valence-electron chi connectivity index (χ1n) is 9.31. The van der Waals surface area contributed by atoms with Crippen molar-refractivity contribution in [3.05, 3.63) is 28.8 Å². The monoisotopic (exact) mass is 303 g/mol. The summed E-state index contributed by atoms with van der Waals surface area (Å²) >= 11 is 0. The van der Waals surface area contributed by atoms with Crippen LogP contribution in [0.1, 0.15) is 108 Å². The van der Waals surface area contributed by atoms with Gasteiger partial charge in [-0.3, -0.25) is 5.11 Å². The minimum Gasteiger partial charge on any atom is -0.289 e. The third-order valence-corrected chi connectivity index (χ3v) is 4.52. The number of hydrogen-bond donors (Lipinski definition) is 0. The number of hydrogen-bond acceptors (Lipinski definition) is 0. The van der Waals surface area contributed by atoms with Gasteiger partial charge in [-0.2, -0.15) is 0 Å². The molecule has 0 spiro atoms. The average molecular weight is 304 g/mol. The summed E-state index contributed by atoms with van der Waals surface area (Å²) in [4.78, 5) is 0. The second-order valence-corrected chi connectivity index (χ2v) is 7.28. The minimum absolute atomic E-state index is 0.272. The van der Waals surface area contributed by atoms with Crippen LogP contribution in [0, 0.1) is 0 Å². The lowest BCUT2D eigenvalue weighted by molar-refractivity contribution is 0.341. The van der Waals surface area contributed by atoms with Gasteiger partial charge >= 0.3 is 0 Å². The molecule has 0 aliphatic heterocycles. The van der Waals surface area contributed by atoms with Crippen LogP contribution in [0.5, 0.6) is 5.75 Å². The molecule has 0 unspecified atom stereocenters. The first-order chi connectivity index (χ1) is 10.5. The molecule has 0 amide bonds. The fraction of sp³-hybridized carbons (Fsp3) is 0.714. The summed E-state index contributed by atoms with van der Waals surface area (Å²) in [6.45, 7) is 10.8. The standard InChI is InChI=1S/C21H35O/c1-6-7-8-9-10-11-12-13-18-14-19(16(2)3)21(22)20(15-18)17(4)5/h14-17H,6-13H2,1-5H3. The van der Waals surface area contributed by atoms with Crippen molar-refractivity contribution in [2.75, 3.05) is 0 Å². The summed E-state index contributed by atoms with van der Waals surface area (Å²) in [5, 5.41) is 12.5. The van der Waals surface area contributed by atoms with E-state index in [1.165, 1.54) is 50.5 Å². The van der Waals surface area contributed by atoms with Crippen molar-refractivity contribution in [1.82, 2.24) is 0 Å². The molecule has 125 valence electrons. The second-order valence-electron chi connectivity index (χ2n) is 7.28. The van der Waals surface area contributed by atoms with E-state index < -0.39 is 0 Å². The van der Waals surface area contributed by atoms with E-state index in [1.807, 2.05) is 0 Å². The maximum absolute atomic E-state index is 12.5. The Bertz CT molecular complexity index is 403. The van der Waals surface area contributed by atoms with Gasteiger partial charge in [-0.05, 0) is 30.2 Å².